The smallest absolute Gasteiger partial charge is 0.416 e. The number of ether oxygens (including phenoxy) is 2. The first-order valence-electron chi connectivity index (χ1n) is 5.79. The zero-order chi connectivity index (χ0) is 14.2. The van der Waals surface area contributed by atoms with Gasteiger partial charge in [-0.3, -0.25) is 0 Å². The van der Waals surface area contributed by atoms with Gasteiger partial charge in [0.25, 0.3) is 0 Å². The molecule has 0 heterocycles. The predicted molar refractivity (Wildman–Crippen MR) is 61.2 cm³/mol. The normalized spacial score (nSPS) is 15.2. The number of benzene rings is 1. The van der Waals surface area contributed by atoms with E-state index in [9.17, 15) is 18.0 Å². The van der Waals surface area contributed by atoms with E-state index >= 15 is 0 Å². The Balaban J connectivity index is 2.49. The largest absolute Gasteiger partial charge is 0.490 e. The van der Waals surface area contributed by atoms with Gasteiger partial charge in [0.1, 0.15) is 5.75 Å². The highest BCUT2D eigenvalue weighted by atomic mass is 19.4. The van der Waals surface area contributed by atoms with E-state index in [2.05, 4.69) is 4.74 Å². The molecule has 0 saturated heterocycles. The van der Waals surface area contributed by atoms with Gasteiger partial charge < -0.3 is 9.47 Å². The fourth-order valence-electron chi connectivity index (χ4n) is 1.75. The lowest BCUT2D eigenvalue weighted by Gasteiger charge is -2.15. The maximum Gasteiger partial charge on any atom is 0.416 e. The molecule has 0 aliphatic heterocycles. The van der Waals surface area contributed by atoms with Crippen LogP contribution in [-0.4, -0.2) is 19.2 Å². The molecule has 0 bridgehead atoms. The summed E-state index contributed by atoms with van der Waals surface area (Å²) < 4.78 is 48.6. The molecule has 3 nitrogen and oxygen atoms in total. The van der Waals surface area contributed by atoms with Crippen molar-refractivity contribution in [3.8, 4) is 5.75 Å². The van der Waals surface area contributed by atoms with Crippen LogP contribution in [0.1, 0.15) is 34.3 Å². The van der Waals surface area contributed by atoms with E-state index < -0.39 is 17.7 Å². The number of halogens is 3. The number of carbonyl (C=O) groups excluding carboxylic acids is 1. The average molecular weight is 274 g/mol. The summed E-state index contributed by atoms with van der Waals surface area (Å²) in [5.74, 6) is -0.745. The number of hydrogen-bond acceptors (Lipinski definition) is 3. The van der Waals surface area contributed by atoms with Crippen molar-refractivity contribution in [3.63, 3.8) is 0 Å². The first-order chi connectivity index (χ1) is 8.82. The second-order valence-electron chi connectivity index (χ2n) is 4.45. The molecular weight excluding hydrogens is 261 g/mol. The Morgan fingerprint density at radius 2 is 1.95 bits per heavy atom. The molecule has 1 aromatic carbocycles. The Bertz CT molecular complexity index is 505. The molecule has 0 N–H and O–H groups in total. The quantitative estimate of drug-likeness (QED) is 0.793. The minimum absolute atomic E-state index is 0.0470. The van der Waals surface area contributed by atoms with Crippen LogP contribution in [0.15, 0.2) is 12.1 Å². The van der Waals surface area contributed by atoms with Gasteiger partial charge in [-0.05, 0) is 37.5 Å². The molecule has 6 heteroatoms. The number of esters is 1. The molecule has 0 radical (unpaired) electrons. The molecule has 19 heavy (non-hydrogen) atoms. The van der Waals surface area contributed by atoms with Gasteiger partial charge in [0.05, 0.1) is 24.3 Å². The third-order valence-corrected chi connectivity index (χ3v) is 2.92. The molecule has 0 spiro atoms. The van der Waals surface area contributed by atoms with E-state index in [4.69, 9.17) is 4.74 Å². The third kappa shape index (κ3) is 3.00. The summed E-state index contributed by atoms with van der Waals surface area (Å²) in [6, 6.07) is 2.23. The van der Waals surface area contributed by atoms with Crippen LogP contribution in [0.4, 0.5) is 13.2 Å². The van der Waals surface area contributed by atoms with Crippen molar-refractivity contribution < 1.29 is 27.4 Å². The van der Waals surface area contributed by atoms with Crippen molar-refractivity contribution in [1.82, 2.24) is 0 Å². The van der Waals surface area contributed by atoms with Gasteiger partial charge in [-0.25, -0.2) is 4.79 Å². The molecular formula is C13H13F3O3. The molecule has 1 aliphatic rings. The summed E-state index contributed by atoms with van der Waals surface area (Å²) >= 11 is 0. The number of hydrogen-bond donors (Lipinski definition) is 0. The highest BCUT2D eigenvalue weighted by Gasteiger charge is 2.35. The van der Waals surface area contributed by atoms with Crippen molar-refractivity contribution in [1.29, 1.82) is 0 Å². The maximum absolute atomic E-state index is 12.9. The fraction of sp³-hybridized carbons (Fsp3) is 0.462. The van der Waals surface area contributed by atoms with Crippen molar-refractivity contribution in [2.24, 2.45) is 0 Å². The molecule has 1 aliphatic carbocycles. The Kier molecular flexibility index (Phi) is 3.43. The van der Waals surface area contributed by atoms with Crippen LogP contribution < -0.4 is 4.74 Å². The maximum atomic E-state index is 12.9. The summed E-state index contributed by atoms with van der Waals surface area (Å²) in [5.41, 5.74) is -1.14. The number of carbonyl (C=O) groups is 1. The lowest BCUT2D eigenvalue weighted by molar-refractivity contribution is -0.138. The number of rotatable bonds is 3. The highest BCUT2D eigenvalue weighted by molar-refractivity contribution is 5.92. The van der Waals surface area contributed by atoms with E-state index in [1.54, 1.807) is 0 Å². The van der Waals surface area contributed by atoms with Crippen molar-refractivity contribution in [2.45, 2.75) is 32.0 Å². The summed E-state index contributed by atoms with van der Waals surface area (Å²) in [7, 11) is 1.13. The van der Waals surface area contributed by atoms with Crippen LogP contribution >= 0.6 is 0 Å². The molecule has 0 aromatic heterocycles. The lowest BCUT2D eigenvalue weighted by atomic mass is 10.0. The number of methoxy groups -OCH3 is 1. The second-order valence-corrected chi connectivity index (χ2v) is 4.45. The predicted octanol–water partition coefficient (Wildman–Crippen LogP) is 3.34. The van der Waals surface area contributed by atoms with Crippen molar-refractivity contribution >= 4 is 5.97 Å². The van der Waals surface area contributed by atoms with E-state index in [0.717, 1.165) is 26.0 Å². The van der Waals surface area contributed by atoms with Crippen LogP contribution in [-0.2, 0) is 10.9 Å². The molecule has 104 valence electrons. The van der Waals surface area contributed by atoms with E-state index in [1.165, 1.54) is 13.0 Å². The summed E-state index contributed by atoms with van der Waals surface area (Å²) in [6.45, 7) is 1.25. The summed E-state index contributed by atoms with van der Waals surface area (Å²) in [4.78, 5) is 11.5. The lowest BCUT2D eigenvalue weighted by Crippen LogP contribution is -2.13. The van der Waals surface area contributed by atoms with Crippen LogP contribution in [0.3, 0.4) is 0 Å². The van der Waals surface area contributed by atoms with Crippen molar-refractivity contribution in [2.75, 3.05) is 7.11 Å². The van der Waals surface area contributed by atoms with Gasteiger partial charge >= 0.3 is 12.1 Å². The Morgan fingerprint density at radius 3 is 2.42 bits per heavy atom. The van der Waals surface area contributed by atoms with Gasteiger partial charge in [0, 0.05) is 0 Å². The van der Waals surface area contributed by atoms with E-state index in [1.807, 2.05) is 0 Å². The Hall–Kier alpha value is -1.72. The molecule has 0 atom stereocenters. The first kappa shape index (κ1) is 13.7. The standard InChI is InChI=1S/C13H13F3O3/c1-7-10(12(17)18-2)5-9(19-8-3-4-8)6-11(7)13(14,15)16/h5-6,8H,3-4H2,1-2H3. The SMILES string of the molecule is COC(=O)c1cc(OC2CC2)cc(C(F)(F)F)c1C. The van der Waals surface area contributed by atoms with E-state index in [0.29, 0.717) is 0 Å². The zero-order valence-corrected chi connectivity index (χ0v) is 10.5. The van der Waals surface area contributed by atoms with Crippen LogP contribution in [0.2, 0.25) is 0 Å². The number of alkyl halides is 3. The Labute approximate surface area is 108 Å². The zero-order valence-electron chi connectivity index (χ0n) is 10.5. The van der Waals surface area contributed by atoms with Gasteiger partial charge in [0.15, 0.2) is 0 Å². The summed E-state index contributed by atoms with van der Waals surface area (Å²) in [5, 5.41) is 0. The molecule has 0 amide bonds. The topological polar surface area (TPSA) is 35.5 Å². The van der Waals surface area contributed by atoms with E-state index in [-0.39, 0.29) is 23.0 Å². The van der Waals surface area contributed by atoms with Gasteiger partial charge in [-0.1, -0.05) is 0 Å². The van der Waals surface area contributed by atoms with Crippen LogP contribution in [0.25, 0.3) is 0 Å². The van der Waals surface area contributed by atoms with Gasteiger partial charge in [-0.2, -0.15) is 13.2 Å². The molecule has 2 rings (SSSR count). The summed E-state index contributed by atoms with van der Waals surface area (Å²) in [6.07, 6.45) is -2.93. The second kappa shape index (κ2) is 4.75. The van der Waals surface area contributed by atoms with Crippen LogP contribution in [0, 0.1) is 6.92 Å². The highest BCUT2D eigenvalue weighted by Crippen LogP contribution is 2.37. The molecule has 0 unspecified atom stereocenters. The van der Waals surface area contributed by atoms with Gasteiger partial charge in [-0.15, -0.1) is 0 Å². The average Bonchev–Trinajstić information content (AvgIpc) is 3.12. The minimum Gasteiger partial charge on any atom is -0.490 e. The molecule has 1 fully saturated rings. The fourth-order valence-corrected chi connectivity index (χ4v) is 1.75. The monoisotopic (exact) mass is 274 g/mol. The Morgan fingerprint density at radius 1 is 1.32 bits per heavy atom. The van der Waals surface area contributed by atoms with Crippen molar-refractivity contribution in [3.05, 3.63) is 28.8 Å². The third-order valence-electron chi connectivity index (χ3n) is 2.92. The molecule has 1 aromatic rings. The first-order valence-corrected chi connectivity index (χ1v) is 5.79. The van der Waals surface area contributed by atoms with Crippen LogP contribution in [0.5, 0.6) is 5.75 Å². The van der Waals surface area contributed by atoms with Gasteiger partial charge in [0.2, 0.25) is 0 Å². The minimum atomic E-state index is -4.53. The molecule has 1 saturated carbocycles.